The van der Waals surface area contributed by atoms with Crippen molar-refractivity contribution in [1.82, 2.24) is 20.2 Å². The quantitative estimate of drug-likeness (QED) is 0.0491. The number of aromatic nitrogens is 2. The van der Waals surface area contributed by atoms with E-state index in [1.165, 1.54) is 35.3 Å². The largest absolute Gasteiger partial charge is 0.477 e. The first-order valence-electron chi connectivity index (χ1n) is 12.8. The molecule has 4 rings (SSSR count). The van der Waals surface area contributed by atoms with Gasteiger partial charge in [-0.3, -0.25) is 19.5 Å². The van der Waals surface area contributed by atoms with Gasteiger partial charge in [-0.15, -0.1) is 11.8 Å². The molecule has 9 N–H and O–H groups in total. The lowest BCUT2D eigenvalue weighted by atomic mass is 10.0. The van der Waals surface area contributed by atoms with Crippen LogP contribution in [0.15, 0.2) is 44.1 Å². The van der Waals surface area contributed by atoms with Gasteiger partial charge in [-0.05, 0) is 11.6 Å². The summed E-state index contributed by atoms with van der Waals surface area (Å²) in [5.74, 6) is -1.83. The molecular weight excluding hydrogens is 693 g/mol. The van der Waals surface area contributed by atoms with Crippen molar-refractivity contribution < 1.29 is 33.8 Å². The zero-order valence-corrected chi connectivity index (χ0v) is 27.1. The van der Waals surface area contributed by atoms with Crippen LogP contribution in [-0.2, 0) is 25.0 Å². The summed E-state index contributed by atoms with van der Waals surface area (Å²) in [5.41, 5.74) is 16.6. The summed E-state index contributed by atoms with van der Waals surface area (Å²) in [4.78, 5) is 58.1. The van der Waals surface area contributed by atoms with E-state index >= 15 is 0 Å². The van der Waals surface area contributed by atoms with Gasteiger partial charge in [0.1, 0.15) is 40.4 Å². The van der Waals surface area contributed by atoms with Crippen molar-refractivity contribution in [2.24, 2.45) is 21.6 Å². The molecule has 242 valence electrons. The lowest BCUT2D eigenvalue weighted by molar-refractivity contribution is -0.150. The van der Waals surface area contributed by atoms with Gasteiger partial charge in [0.2, 0.25) is 0 Å². The highest BCUT2D eigenvalue weighted by Crippen LogP contribution is 2.46. The van der Waals surface area contributed by atoms with Crippen LogP contribution in [0.1, 0.15) is 11.3 Å². The third-order valence-electron chi connectivity index (χ3n) is 5.99. The number of nitrogens with one attached hydrogen (secondary N) is 1. The van der Waals surface area contributed by atoms with Gasteiger partial charge >= 0.3 is 5.97 Å². The molecule has 1 saturated heterocycles. The average molecular weight is 720 g/mol. The number of carbonyl (C=O) groups excluding carboxylic acids is 2. The molecule has 0 bridgehead atoms. The van der Waals surface area contributed by atoms with Gasteiger partial charge in [-0.2, -0.15) is 11.8 Å². The third-order valence-corrected chi connectivity index (χ3v) is 10.9. The fourth-order valence-corrected chi connectivity index (χ4v) is 8.69. The number of aliphatic carboxylic acids is 1. The number of aliphatic imine (C=N–C) groups is 1. The molecule has 2 aromatic heterocycles. The van der Waals surface area contributed by atoms with Gasteiger partial charge in [0, 0.05) is 39.5 Å². The lowest BCUT2D eigenvalue weighted by Crippen LogP contribution is -2.71. The number of rotatable bonds is 15. The van der Waals surface area contributed by atoms with Gasteiger partial charge in [-0.1, -0.05) is 39.9 Å². The Hall–Kier alpha value is -3.30. The summed E-state index contributed by atoms with van der Waals surface area (Å²) in [6.45, 7) is -1.53. The molecule has 1 unspecified atom stereocenters. The Morgan fingerprint density at radius 2 is 2.16 bits per heavy atom. The monoisotopic (exact) mass is 719 g/mol. The number of carboxylic acids is 1. The maximum absolute atomic E-state index is 13.3. The number of anilines is 1. The van der Waals surface area contributed by atoms with Crippen molar-refractivity contribution in [3.05, 3.63) is 44.7 Å². The van der Waals surface area contributed by atoms with Gasteiger partial charge < -0.3 is 37.6 Å². The van der Waals surface area contributed by atoms with Crippen molar-refractivity contribution >= 4 is 92.8 Å². The normalized spacial score (nSPS) is 18.6. The van der Waals surface area contributed by atoms with Crippen LogP contribution in [-0.4, -0.2) is 103 Å². The Morgan fingerprint density at radius 3 is 2.80 bits per heavy atom. The summed E-state index contributed by atoms with van der Waals surface area (Å²) in [7, 11) is 0. The number of fused-ring (bicyclic) bond motifs is 1. The number of aliphatic hydroxyl groups is 1. The highest BCUT2D eigenvalue weighted by Gasteiger charge is 2.54. The number of nitrogens with zero attached hydrogens (tertiary/aromatic N) is 5. The average Bonchev–Trinajstić information content (AvgIpc) is 3.34. The second-order valence-corrected chi connectivity index (χ2v) is 14.0. The van der Waals surface area contributed by atoms with Crippen molar-refractivity contribution in [2.45, 2.75) is 28.1 Å². The molecule has 0 aliphatic carbocycles. The second kappa shape index (κ2) is 15.8. The highest BCUT2D eigenvalue weighted by atomic mass is 35.5. The van der Waals surface area contributed by atoms with Gasteiger partial charge in [0.05, 0.1) is 12.6 Å². The topological polar surface area (TPSA) is 245 Å². The maximum Gasteiger partial charge on any atom is 0.353 e. The van der Waals surface area contributed by atoms with Crippen LogP contribution in [0.2, 0.25) is 4.34 Å². The number of carbonyl (C=O) groups is 3. The van der Waals surface area contributed by atoms with E-state index in [1.54, 1.807) is 18.5 Å². The summed E-state index contributed by atoms with van der Waals surface area (Å²) >= 11 is 11.0. The summed E-state index contributed by atoms with van der Waals surface area (Å²) in [6.07, 6.45) is 3.23. The van der Waals surface area contributed by atoms with E-state index in [4.69, 9.17) is 33.6 Å². The van der Waals surface area contributed by atoms with Crippen LogP contribution >= 0.6 is 58.2 Å². The molecule has 4 heterocycles. The van der Waals surface area contributed by atoms with E-state index in [1.807, 2.05) is 0 Å². The number of aliphatic hydroxyl groups excluding tert-OH is 1. The number of halogens is 2. The molecule has 2 amide bonds. The first kappa shape index (κ1) is 34.6. The van der Waals surface area contributed by atoms with Crippen LogP contribution in [0.3, 0.4) is 0 Å². The number of hydrogen-bond donors (Lipinski definition) is 6. The molecular formula is C24H27ClFN9O6S4. The SMILES string of the molecule is NC(N)=NC(CO)CSCc1cnccc1SC1=C(C(=O)O)N2C(=O)[C@@H](NC(=O)C(=NOCCF)c3nc(N)sc3Cl)[C@@H]2SC1. The van der Waals surface area contributed by atoms with E-state index in [9.17, 15) is 29.0 Å². The molecule has 2 aliphatic rings. The number of thioether (sulfide) groups is 3. The number of alkyl halides is 1. The molecule has 2 aliphatic heterocycles. The van der Waals surface area contributed by atoms with Crippen LogP contribution in [0.25, 0.3) is 0 Å². The first-order valence-corrected chi connectivity index (χ1v) is 17.0. The summed E-state index contributed by atoms with van der Waals surface area (Å²) < 4.78 is 12.6. The number of oxime groups is 1. The van der Waals surface area contributed by atoms with Crippen LogP contribution in [0.5, 0.6) is 0 Å². The molecule has 0 radical (unpaired) electrons. The van der Waals surface area contributed by atoms with Gasteiger partial charge in [0.15, 0.2) is 16.8 Å². The maximum atomic E-state index is 13.3. The summed E-state index contributed by atoms with van der Waals surface area (Å²) in [6, 6.07) is 0.169. The fourth-order valence-electron chi connectivity index (χ4n) is 4.08. The molecule has 15 nitrogen and oxygen atoms in total. The molecule has 45 heavy (non-hydrogen) atoms. The molecule has 0 aromatic carbocycles. The number of β-lactam (4-membered cyclic amide) rings is 1. The Labute approximate surface area is 277 Å². The molecule has 2 aromatic rings. The standard InChI is InChI=1S/C24H27ClFN9O6S4/c25-18-14(33-24(29)45-18)15(34-41-4-2-26)19(37)32-16-20(38)35-17(22(39)40)13(9-43-21(16)35)44-12-1-3-30-5-10(12)7-42-8-11(6-36)31-23(27)28/h1,3,5,11,16,21,36H,2,4,6-9H2,(H2,29,33)(H,32,37)(H,39,40)(H4,27,28,31)/t11?,16-,21+/m1/s1. The van der Waals surface area contributed by atoms with Crippen molar-refractivity contribution in [1.29, 1.82) is 0 Å². The number of carboxylic acid groups (broad SMARTS) is 1. The second-order valence-electron chi connectivity index (χ2n) is 9.07. The van der Waals surface area contributed by atoms with Crippen molar-refractivity contribution in [3.8, 4) is 0 Å². The van der Waals surface area contributed by atoms with E-state index in [0.717, 1.165) is 26.7 Å². The molecule has 21 heteroatoms. The minimum Gasteiger partial charge on any atom is -0.477 e. The minimum atomic E-state index is -1.31. The zero-order chi connectivity index (χ0) is 32.7. The number of thiazole rings is 1. The molecule has 0 saturated carbocycles. The zero-order valence-electron chi connectivity index (χ0n) is 23.1. The van der Waals surface area contributed by atoms with E-state index in [-0.39, 0.29) is 39.2 Å². The molecule has 1 fully saturated rings. The fraction of sp³-hybridized carbons (Fsp3) is 0.375. The number of nitrogen functional groups attached to an aromatic ring is 1. The molecule has 0 spiro atoms. The van der Waals surface area contributed by atoms with E-state index in [2.05, 4.69) is 25.4 Å². The van der Waals surface area contributed by atoms with Gasteiger partial charge in [0.25, 0.3) is 11.8 Å². The van der Waals surface area contributed by atoms with E-state index in [0.29, 0.717) is 16.4 Å². The number of nitrogens with two attached hydrogens (primary N) is 3. The number of pyridine rings is 1. The molecule has 3 atom stereocenters. The third kappa shape index (κ3) is 8.30. The van der Waals surface area contributed by atoms with Crippen LogP contribution < -0.4 is 22.5 Å². The predicted molar refractivity (Wildman–Crippen MR) is 173 cm³/mol. The van der Waals surface area contributed by atoms with Gasteiger partial charge in [-0.25, -0.2) is 19.2 Å². The Morgan fingerprint density at radius 1 is 1.38 bits per heavy atom. The van der Waals surface area contributed by atoms with Crippen LogP contribution in [0, 0.1) is 0 Å². The smallest absolute Gasteiger partial charge is 0.353 e. The Bertz CT molecular complexity index is 1540. The lowest BCUT2D eigenvalue weighted by Gasteiger charge is -2.49. The first-order chi connectivity index (χ1) is 21.5. The summed E-state index contributed by atoms with van der Waals surface area (Å²) in [5, 5.41) is 25.1. The van der Waals surface area contributed by atoms with Crippen molar-refractivity contribution in [2.75, 3.05) is 37.1 Å². The minimum absolute atomic E-state index is 0.0347. The number of guanidine groups is 1. The van der Waals surface area contributed by atoms with E-state index < -0.39 is 54.2 Å². The van der Waals surface area contributed by atoms with Crippen molar-refractivity contribution in [3.63, 3.8) is 0 Å². The number of hydrogen-bond acceptors (Lipinski definition) is 14. The Balaban J connectivity index is 1.49. The Kier molecular flexibility index (Phi) is 12.1. The predicted octanol–water partition coefficient (Wildman–Crippen LogP) is 0.820. The van der Waals surface area contributed by atoms with Crippen LogP contribution in [0.4, 0.5) is 9.52 Å². The number of amides is 2. The highest BCUT2D eigenvalue weighted by molar-refractivity contribution is 8.06.